The van der Waals surface area contributed by atoms with Gasteiger partial charge in [0.25, 0.3) is 5.91 Å². The molecule has 11 heteroatoms. The molecule has 1 aromatic heterocycles. The van der Waals surface area contributed by atoms with Gasteiger partial charge in [0.05, 0.1) is 7.11 Å². The topological polar surface area (TPSA) is 122 Å². The Bertz CT molecular complexity index is 1040. The van der Waals surface area contributed by atoms with E-state index in [1.807, 2.05) is 13.8 Å². The number of benzene rings is 1. The highest BCUT2D eigenvalue weighted by atomic mass is 19.1. The fourth-order valence-electron chi connectivity index (χ4n) is 3.18. The lowest BCUT2D eigenvalue weighted by molar-refractivity contribution is -0.156. The summed E-state index contributed by atoms with van der Waals surface area (Å²) in [4.78, 5) is 40.6. The lowest BCUT2D eigenvalue weighted by atomic mass is 10.0. The molecule has 0 fully saturated rings. The molecule has 0 aliphatic heterocycles. The van der Waals surface area contributed by atoms with Crippen LogP contribution in [-0.4, -0.2) is 55.0 Å². The van der Waals surface area contributed by atoms with Crippen molar-refractivity contribution in [2.45, 2.75) is 52.9 Å². The van der Waals surface area contributed by atoms with E-state index in [1.54, 1.807) is 6.92 Å². The molecule has 2 aromatic rings. The van der Waals surface area contributed by atoms with Gasteiger partial charge in [-0.2, -0.15) is 0 Å². The maximum Gasteiger partial charge on any atom is 0.328 e. The van der Waals surface area contributed by atoms with Gasteiger partial charge in [-0.05, 0) is 44.0 Å². The van der Waals surface area contributed by atoms with Crippen LogP contribution in [-0.2, 0) is 19.1 Å². The maximum absolute atomic E-state index is 13.2. The molecule has 3 atom stereocenters. The highest BCUT2D eigenvalue weighted by Gasteiger charge is 2.29. The van der Waals surface area contributed by atoms with E-state index in [9.17, 15) is 18.8 Å². The van der Waals surface area contributed by atoms with Crippen LogP contribution in [0.15, 0.2) is 36.5 Å². The summed E-state index contributed by atoms with van der Waals surface area (Å²) < 4.78 is 40.0. The number of aromatic nitrogens is 1. The van der Waals surface area contributed by atoms with E-state index in [2.05, 4.69) is 10.3 Å². The fraction of sp³-hybridized carbons (Fsp3) is 0.440. The van der Waals surface area contributed by atoms with Crippen molar-refractivity contribution < 1.29 is 42.5 Å². The SMILES string of the molecule is COc1ccnc(C(=O)N[C@@H](C)C(=O)O[C@@H](C)[C@H](Oc2ccc(F)cc2)C(C)C)c1OCOC(C)=O. The van der Waals surface area contributed by atoms with E-state index < -0.39 is 48.7 Å². The molecule has 0 bridgehead atoms. The zero-order valence-electron chi connectivity index (χ0n) is 21.1. The Morgan fingerprint density at radius 1 is 1.06 bits per heavy atom. The monoisotopic (exact) mass is 506 g/mol. The zero-order chi connectivity index (χ0) is 26.8. The minimum absolute atomic E-state index is 0.0411. The number of nitrogens with zero attached hydrogens (tertiary/aromatic N) is 1. The Kier molecular flexibility index (Phi) is 10.4. The summed E-state index contributed by atoms with van der Waals surface area (Å²) >= 11 is 0. The number of methoxy groups -OCH3 is 1. The van der Waals surface area contributed by atoms with Crippen LogP contribution in [0.2, 0.25) is 0 Å². The van der Waals surface area contributed by atoms with E-state index in [1.165, 1.54) is 57.5 Å². The van der Waals surface area contributed by atoms with E-state index in [-0.39, 0.29) is 23.1 Å². The number of ether oxygens (including phenoxy) is 5. The first-order valence-electron chi connectivity index (χ1n) is 11.3. The van der Waals surface area contributed by atoms with Crippen LogP contribution >= 0.6 is 0 Å². The maximum atomic E-state index is 13.2. The lowest BCUT2D eigenvalue weighted by Crippen LogP contribution is -2.44. The summed E-state index contributed by atoms with van der Waals surface area (Å²) in [7, 11) is 1.37. The number of hydrogen-bond acceptors (Lipinski definition) is 9. The second-order valence-corrected chi connectivity index (χ2v) is 8.21. The number of esters is 2. The number of halogens is 1. The van der Waals surface area contributed by atoms with Gasteiger partial charge in [-0.15, -0.1) is 0 Å². The number of rotatable bonds is 12. The quantitative estimate of drug-likeness (QED) is 0.341. The minimum Gasteiger partial charge on any atom is -0.493 e. The van der Waals surface area contributed by atoms with Crippen molar-refractivity contribution in [2.24, 2.45) is 5.92 Å². The molecule has 10 nitrogen and oxygen atoms in total. The second kappa shape index (κ2) is 13.3. The Balaban J connectivity index is 2.06. The molecule has 0 saturated heterocycles. The van der Waals surface area contributed by atoms with Crippen LogP contribution in [0.25, 0.3) is 0 Å². The molecule has 0 radical (unpaired) electrons. The molecule has 1 aromatic carbocycles. The van der Waals surface area contributed by atoms with Crippen LogP contribution < -0.4 is 19.5 Å². The molecule has 0 aliphatic rings. The smallest absolute Gasteiger partial charge is 0.328 e. The number of carbonyl (C=O) groups is 3. The third kappa shape index (κ3) is 8.10. The van der Waals surface area contributed by atoms with E-state index in [0.717, 1.165) is 0 Å². The highest BCUT2D eigenvalue weighted by molar-refractivity contribution is 5.98. The molecule has 1 amide bonds. The third-order valence-electron chi connectivity index (χ3n) is 4.98. The number of nitrogens with one attached hydrogen (secondary N) is 1. The first-order valence-corrected chi connectivity index (χ1v) is 11.3. The van der Waals surface area contributed by atoms with Gasteiger partial charge in [-0.25, -0.2) is 14.2 Å². The van der Waals surface area contributed by atoms with Crippen LogP contribution in [0.3, 0.4) is 0 Å². The first kappa shape index (κ1) is 28.3. The third-order valence-corrected chi connectivity index (χ3v) is 4.98. The van der Waals surface area contributed by atoms with Crippen molar-refractivity contribution >= 4 is 17.8 Å². The second-order valence-electron chi connectivity index (χ2n) is 8.21. The van der Waals surface area contributed by atoms with Gasteiger partial charge in [0.15, 0.2) is 17.2 Å². The Morgan fingerprint density at radius 3 is 2.31 bits per heavy atom. The molecule has 0 spiro atoms. The minimum atomic E-state index is -1.05. The molecule has 0 aliphatic carbocycles. The van der Waals surface area contributed by atoms with Gasteiger partial charge >= 0.3 is 11.9 Å². The predicted molar refractivity (Wildman–Crippen MR) is 126 cm³/mol. The lowest BCUT2D eigenvalue weighted by Gasteiger charge is -2.29. The molecule has 1 heterocycles. The highest BCUT2D eigenvalue weighted by Crippen LogP contribution is 2.29. The molecule has 0 saturated carbocycles. The number of pyridine rings is 1. The number of carbonyl (C=O) groups excluding carboxylic acids is 3. The van der Waals surface area contributed by atoms with Gasteiger partial charge < -0.3 is 29.0 Å². The van der Waals surface area contributed by atoms with Crippen molar-refractivity contribution in [3.63, 3.8) is 0 Å². The predicted octanol–water partition coefficient (Wildman–Crippen LogP) is 3.28. The van der Waals surface area contributed by atoms with Crippen LogP contribution in [0.4, 0.5) is 4.39 Å². The normalized spacial score (nSPS) is 13.2. The van der Waals surface area contributed by atoms with Gasteiger partial charge in [0.1, 0.15) is 29.8 Å². The van der Waals surface area contributed by atoms with Crippen LogP contribution in [0.1, 0.15) is 45.1 Å². The average Bonchev–Trinajstić information content (AvgIpc) is 2.82. The van der Waals surface area contributed by atoms with Gasteiger partial charge in [0.2, 0.25) is 6.79 Å². The van der Waals surface area contributed by atoms with E-state index >= 15 is 0 Å². The summed E-state index contributed by atoms with van der Waals surface area (Å²) in [5, 5.41) is 2.51. The van der Waals surface area contributed by atoms with Crippen molar-refractivity contribution in [1.82, 2.24) is 10.3 Å². The Morgan fingerprint density at radius 2 is 1.72 bits per heavy atom. The summed E-state index contributed by atoms with van der Waals surface area (Å²) in [6.45, 7) is 7.67. The molecular formula is C25H31FN2O8. The standard InChI is InChI=1S/C25H31FN2O8/c1-14(2)22(36-19-9-7-18(26)8-10-19)16(4)35-25(31)15(3)28-24(30)21-23(34-13-33-17(5)29)20(32-6)11-12-27-21/h7-12,14-16,22H,13H2,1-6H3,(H,28,30)/t15-,16-,22+/m0/s1. The van der Waals surface area contributed by atoms with Crippen molar-refractivity contribution in [2.75, 3.05) is 13.9 Å². The molecule has 196 valence electrons. The average molecular weight is 507 g/mol. The summed E-state index contributed by atoms with van der Waals surface area (Å²) in [5.74, 6) is -1.87. The van der Waals surface area contributed by atoms with Crippen LogP contribution in [0, 0.1) is 11.7 Å². The molecule has 1 N–H and O–H groups in total. The van der Waals surface area contributed by atoms with Crippen molar-refractivity contribution in [3.05, 3.63) is 48.0 Å². The van der Waals surface area contributed by atoms with Crippen LogP contribution in [0.5, 0.6) is 17.2 Å². The molecule has 36 heavy (non-hydrogen) atoms. The Hall–Kier alpha value is -3.89. The Labute approximate surface area is 209 Å². The summed E-state index contributed by atoms with van der Waals surface area (Å²) in [6, 6.07) is 5.95. The molecular weight excluding hydrogens is 475 g/mol. The van der Waals surface area contributed by atoms with E-state index in [4.69, 9.17) is 23.7 Å². The summed E-state index contributed by atoms with van der Waals surface area (Å²) in [5.41, 5.74) is -0.172. The largest absolute Gasteiger partial charge is 0.493 e. The number of amides is 1. The van der Waals surface area contributed by atoms with Crippen molar-refractivity contribution in [1.29, 1.82) is 0 Å². The van der Waals surface area contributed by atoms with Gasteiger partial charge in [-0.3, -0.25) is 9.59 Å². The van der Waals surface area contributed by atoms with E-state index in [0.29, 0.717) is 5.75 Å². The summed E-state index contributed by atoms with van der Waals surface area (Å²) in [6.07, 6.45) is 0.125. The molecule has 2 rings (SSSR count). The van der Waals surface area contributed by atoms with Crippen molar-refractivity contribution in [3.8, 4) is 17.2 Å². The zero-order valence-corrected chi connectivity index (χ0v) is 21.1. The fourth-order valence-corrected chi connectivity index (χ4v) is 3.18. The number of hydrogen-bond donors (Lipinski definition) is 1. The molecule has 0 unspecified atom stereocenters. The van der Waals surface area contributed by atoms with Gasteiger partial charge in [-0.1, -0.05) is 13.8 Å². The van der Waals surface area contributed by atoms with Gasteiger partial charge in [0, 0.05) is 19.2 Å². The first-order chi connectivity index (χ1) is 17.0.